The lowest BCUT2D eigenvalue weighted by molar-refractivity contribution is -0.136. The summed E-state index contributed by atoms with van der Waals surface area (Å²) in [7, 11) is 0. The van der Waals surface area contributed by atoms with Gasteiger partial charge in [-0.2, -0.15) is 0 Å². The van der Waals surface area contributed by atoms with Crippen LogP contribution in [0.1, 0.15) is 41.0 Å². The Morgan fingerprint density at radius 3 is 2.27 bits per heavy atom. The Kier molecular flexibility index (Phi) is 4.68. The van der Waals surface area contributed by atoms with Crippen LogP contribution in [0.15, 0.2) is 47.2 Å². The number of esters is 1. The van der Waals surface area contributed by atoms with Crippen molar-refractivity contribution in [2.75, 3.05) is 6.61 Å². The summed E-state index contributed by atoms with van der Waals surface area (Å²) in [6.45, 7) is 2.74. The van der Waals surface area contributed by atoms with Crippen molar-refractivity contribution in [1.82, 2.24) is 0 Å². The van der Waals surface area contributed by atoms with Crippen molar-refractivity contribution in [2.45, 2.75) is 20.3 Å². The van der Waals surface area contributed by atoms with Crippen molar-refractivity contribution in [3.63, 3.8) is 0 Å². The van der Waals surface area contributed by atoms with Crippen molar-refractivity contribution < 1.29 is 24.2 Å². The van der Waals surface area contributed by atoms with Gasteiger partial charge in [-0.25, -0.2) is 0 Å². The highest BCUT2D eigenvalue weighted by molar-refractivity contribution is 6.26. The Morgan fingerprint density at radius 2 is 1.73 bits per heavy atom. The molecule has 0 atom stereocenters. The summed E-state index contributed by atoms with van der Waals surface area (Å²) in [6, 6.07) is 6.43. The van der Waals surface area contributed by atoms with Gasteiger partial charge in [0.1, 0.15) is 0 Å². The maximum absolute atomic E-state index is 12.6. The molecule has 0 spiro atoms. The number of aliphatic hydroxyl groups is 1. The molecule has 0 radical (unpaired) electrons. The van der Waals surface area contributed by atoms with Gasteiger partial charge in [0, 0.05) is 18.1 Å². The van der Waals surface area contributed by atoms with Crippen molar-refractivity contribution in [3.8, 4) is 0 Å². The number of carbonyl (C=O) groups excluding carboxylic acids is 3. The molecule has 0 bridgehead atoms. The maximum Gasteiger partial charge on any atom is 0.308 e. The van der Waals surface area contributed by atoms with Gasteiger partial charge in [-0.15, -0.1) is 0 Å². The Bertz CT molecular complexity index is 710. The molecular formula is C17H16O5. The van der Waals surface area contributed by atoms with Crippen LogP contribution in [0.2, 0.25) is 0 Å². The number of carbonyl (C=O) groups is 3. The molecule has 1 N–H and O–H groups in total. The summed E-state index contributed by atoms with van der Waals surface area (Å²) in [6.07, 6.45) is 1.76. The Labute approximate surface area is 127 Å². The number of ether oxygens (including phenoxy) is 1. The summed E-state index contributed by atoms with van der Waals surface area (Å²) in [5.41, 5.74) is 1.32. The molecule has 1 aromatic rings. The SMILES string of the molecule is CC(=O)OC1=C(C/C=C(\C)CO)C(=O)c2ccccc2C1=O. The topological polar surface area (TPSA) is 80.7 Å². The van der Waals surface area contributed by atoms with Crippen LogP contribution in [0, 0.1) is 0 Å². The first-order valence-electron chi connectivity index (χ1n) is 6.82. The monoisotopic (exact) mass is 300 g/mol. The molecule has 0 amide bonds. The Morgan fingerprint density at radius 1 is 1.14 bits per heavy atom. The highest BCUT2D eigenvalue weighted by Crippen LogP contribution is 2.29. The molecule has 22 heavy (non-hydrogen) atoms. The second kappa shape index (κ2) is 6.49. The van der Waals surface area contributed by atoms with E-state index >= 15 is 0 Å². The number of hydrogen-bond donors (Lipinski definition) is 1. The molecule has 0 aliphatic heterocycles. The zero-order valence-electron chi connectivity index (χ0n) is 12.4. The molecule has 1 aliphatic rings. The third kappa shape index (κ3) is 3.04. The van der Waals surface area contributed by atoms with E-state index < -0.39 is 11.8 Å². The fourth-order valence-electron chi connectivity index (χ4n) is 2.18. The van der Waals surface area contributed by atoms with E-state index in [4.69, 9.17) is 9.84 Å². The van der Waals surface area contributed by atoms with Gasteiger partial charge in [-0.1, -0.05) is 35.9 Å². The number of aliphatic hydroxyl groups excluding tert-OH is 1. The van der Waals surface area contributed by atoms with Gasteiger partial charge in [0.25, 0.3) is 0 Å². The minimum Gasteiger partial charge on any atom is -0.422 e. The minimum absolute atomic E-state index is 0.119. The zero-order valence-corrected chi connectivity index (χ0v) is 12.4. The van der Waals surface area contributed by atoms with Gasteiger partial charge in [-0.3, -0.25) is 14.4 Å². The van der Waals surface area contributed by atoms with Crippen LogP contribution in [0.25, 0.3) is 0 Å². The van der Waals surface area contributed by atoms with Crippen LogP contribution in [-0.4, -0.2) is 29.2 Å². The average molecular weight is 300 g/mol. The van der Waals surface area contributed by atoms with E-state index in [-0.39, 0.29) is 35.7 Å². The van der Waals surface area contributed by atoms with E-state index in [1.165, 1.54) is 13.0 Å². The average Bonchev–Trinajstić information content (AvgIpc) is 2.51. The molecule has 1 aromatic carbocycles. The molecule has 0 unspecified atom stereocenters. The second-order valence-corrected chi connectivity index (χ2v) is 5.02. The van der Waals surface area contributed by atoms with E-state index in [0.29, 0.717) is 11.1 Å². The standard InChI is InChI=1S/C17H16O5/c1-10(9-18)7-8-14-15(20)12-5-3-4-6-13(12)16(21)17(14)22-11(2)19/h3-7,18H,8-9H2,1-2H3/b10-7+. The number of ketones is 2. The highest BCUT2D eigenvalue weighted by Gasteiger charge is 2.33. The second-order valence-electron chi connectivity index (χ2n) is 5.02. The van der Waals surface area contributed by atoms with Crippen LogP contribution in [0.3, 0.4) is 0 Å². The van der Waals surface area contributed by atoms with Gasteiger partial charge in [-0.05, 0) is 13.3 Å². The smallest absolute Gasteiger partial charge is 0.308 e. The molecule has 0 saturated carbocycles. The van der Waals surface area contributed by atoms with Gasteiger partial charge in [0.2, 0.25) is 5.78 Å². The van der Waals surface area contributed by atoms with Gasteiger partial charge in [0.15, 0.2) is 11.5 Å². The van der Waals surface area contributed by atoms with Crippen molar-refractivity contribution in [1.29, 1.82) is 0 Å². The molecule has 5 nitrogen and oxygen atoms in total. The Hall–Kier alpha value is -2.53. The number of allylic oxidation sites excluding steroid dienone is 3. The number of rotatable bonds is 4. The third-order valence-electron chi connectivity index (χ3n) is 3.32. The number of fused-ring (bicyclic) bond motifs is 1. The van der Waals surface area contributed by atoms with Crippen molar-refractivity contribution in [2.24, 2.45) is 0 Å². The minimum atomic E-state index is -0.657. The van der Waals surface area contributed by atoms with Gasteiger partial charge < -0.3 is 9.84 Å². The highest BCUT2D eigenvalue weighted by atomic mass is 16.5. The maximum atomic E-state index is 12.6. The normalized spacial score (nSPS) is 15.0. The summed E-state index contributed by atoms with van der Waals surface area (Å²) in [5, 5.41) is 9.03. The van der Waals surface area contributed by atoms with E-state index in [0.717, 1.165) is 0 Å². The lowest BCUT2D eigenvalue weighted by atomic mass is 9.86. The zero-order chi connectivity index (χ0) is 16.3. The van der Waals surface area contributed by atoms with Crippen molar-refractivity contribution >= 4 is 17.5 Å². The van der Waals surface area contributed by atoms with Gasteiger partial charge >= 0.3 is 5.97 Å². The lowest BCUT2D eigenvalue weighted by Gasteiger charge is -2.19. The van der Waals surface area contributed by atoms with E-state index in [1.807, 2.05) is 0 Å². The molecule has 2 rings (SSSR count). The molecule has 114 valence electrons. The molecule has 1 aliphatic carbocycles. The molecule has 0 saturated heterocycles. The molecule has 0 aromatic heterocycles. The van der Waals surface area contributed by atoms with Crippen LogP contribution in [-0.2, 0) is 9.53 Å². The van der Waals surface area contributed by atoms with Crippen molar-refractivity contribution in [3.05, 3.63) is 58.4 Å². The number of hydrogen-bond acceptors (Lipinski definition) is 5. The summed E-state index contributed by atoms with van der Waals surface area (Å²) < 4.78 is 4.99. The fraction of sp³-hybridized carbons (Fsp3) is 0.235. The predicted octanol–water partition coefficient (Wildman–Crippen LogP) is 2.21. The number of benzene rings is 1. The van der Waals surface area contributed by atoms with E-state index in [2.05, 4.69) is 0 Å². The molecular weight excluding hydrogens is 284 g/mol. The molecule has 0 fully saturated rings. The van der Waals surface area contributed by atoms with Crippen LogP contribution in [0.4, 0.5) is 0 Å². The van der Waals surface area contributed by atoms with Crippen LogP contribution < -0.4 is 0 Å². The first-order chi connectivity index (χ1) is 10.5. The summed E-state index contributed by atoms with van der Waals surface area (Å²) in [5.74, 6) is -1.70. The van der Waals surface area contributed by atoms with E-state index in [9.17, 15) is 14.4 Å². The van der Waals surface area contributed by atoms with Gasteiger partial charge in [0.05, 0.1) is 12.2 Å². The van der Waals surface area contributed by atoms with Crippen LogP contribution >= 0.6 is 0 Å². The molecule has 0 heterocycles. The first kappa shape index (κ1) is 15.9. The first-order valence-corrected chi connectivity index (χ1v) is 6.82. The summed E-state index contributed by atoms with van der Waals surface area (Å²) in [4.78, 5) is 36.3. The lowest BCUT2D eigenvalue weighted by Crippen LogP contribution is -2.24. The predicted molar refractivity (Wildman–Crippen MR) is 79.4 cm³/mol. The largest absolute Gasteiger partial charge is 0.422 e. The fourth-order valence-corrected chi connectivity index (χ4v) is 2.18. The Balaban J connectivity index is 2.53. The van der Waals surface area contributed by atoms with E-state index in [1.54, 1.807) is 31.2 Å². The molecule has 5 heteroatoms. The quantitative estimate of drug-likeness (QED) is 0.681. The third-order valence-corrected chi connectivity index (χ3v) is 3.32. The van der Waals surface area contributed by atoms with Crippen LogP contribution in [0.5, 0.6) is 0 Å². The number of Topliss-reactive ketones (excluding diaryl/α,β-unsaturated/α-hetero) is 2. The summed E-state index contributed by atoms with van der Waals surface area (Å²) >= 11 is 0.